The van der Waals surface area contributed by atoms with Gasteiger partial charge in [0.2, 0.25) is 10.0 Å². The monoisotopic (exact) mass is 442 g/mol. The number of hydrogen-bond donors (Lipinski definition) is 1. The van der Waals surface area contributed by atoms with E-state index >= 15 is 0 Å². The minimum atomic E-state index is -3.50. The smallest absolute Gasteiger partial charge is 0.243 e. The van der Waals surface area contributed by atoms with Gasteiger partial charge in [-0.1, -0.05) is 24.3 Å². The second kappa shape index (κ2) is 8.04. The number of nitrogens with zero attached hydrogens (tertiary/aromatic N) is 1. The molecule has 1 N–H and O–H groups in total. The van der Waals surface area contributed by atoms with E-state index in [1.165, 1.54) is 14.8 Å². The van der Waals surface area contributed by atoms with Crippen molar-refractivity contribution in [1.29, 1.82) is 0 Å². The second-order valence-corrected chi connectivity index (χ2v) is 10.8. The van der Waals surface area contributed by atoms with Crippen LogP contribution in [0.25, 0.3) is 0 Å². The molecule has 0 amide bonds. The number of rotatable bonds is 4. The van der Waals surface area contributed by atoms with Gasteiger partial charge in [0.1, 0.15) is 0 Å². The highest BCUT2D eigenvalue weighted by molar-refractivity contribution is 7.98. The van der Waals surface area contributed by atoms with Gasteiger partial charge in [0.05, 0.1) is 24.2 Å². The van der Waals surface area contributed by atoms with Crippen LogP contribution in [-0.4, -0.2) is 45.3 Å². The van der Waals surface area contributed by atoms with Crippen molar-refractivity contribution in [3.8, 4) is 0 Å². The van der Waals surface area contributed by atoms with Gasteiger partial charge < -0.3 is 10.1 Å². The van der Waals surface area contributed by atoms with E-state index < -0.39 is 10.0 Å². The number of fused-ring (bicyclic) bond motifs is 3. The first-order valence-corrected chi connectivity index (χ1v) is 13.0. The lowest BCUT2D eigenvalue weighted by molar-refractivity contribution is 0.0730. The summed E-state index contributed by atoms with van der Waals surface area (Å²) in [6.07, 6.45) is 7.56. The Labute approximate surface area is 182 Å². The van der Waals surface area contributed by atoms with E-state index in [0.717, 1.165) is 17.7 Å². The van der Waals surface area contributed by atoms with Gasteiger partial charge >= 0.3 is 0 Å². The van der Waals surface area contributed by atoms with Crippen LogP contribution in [0.3, 0.4) is 0 Å². The van der Waals surface area contributed by atoms with E-state index in [1.54, 1.807) is 17.8 Å². The van der Waals surface area contributed by atoms with Crippen LogP contribution in [-0.2, 0) is 14.8 Å². The fourth-order valence-electron chi connectivity index (χ4n) is 4.81. The molecule has 0 radical (unpaired) electrons. The van der Waals surface area contributed by atoms with Crippen molar-refractivity contribution < 1.29 is 13.2 Å². The number of benzene rings is 2. The average molecular weight is 443 g/mol. The summed E-state index contributed by atoms with van der Waals surface area (Å²) in [6, 6.07) is 14.5. The molecule has 1 saturated heterocycles. The van der Waals surface area contributed by atoms with Gasteiger partial charge in [-0.25, -0.2) is 8.42 Å². The molecule has 0 saturated carbocycles. The molecule has 1 fully saturated rings. The van der Waals surface area contributed by atoms with Crippen molar-refractivity contribution in [2.45, 2.75) is 28.2 Å². The minimum Gasteiger partial charge on any atom is -0.379 e. The highest BCUT2D eigenvalue weighted by atomic mass is 32.2. The number of allylic oxidation sites excluding steroid dienone is 2. The van der Waals surface area contributed by atoms with E-state index in [1.807, 2.05) is 12.1 Å². The lowest BCUT2D eigenvalue weighted by Crippen LogP contribution is -2.40. The molecule has 2 heterocycles. The number of morpholine rings is 1. The SMILES string of the molecule is CSc1ccc(C2Nc3ccc(S(=O)(=O)N4CCOCC4)cc3C3C=CCC32)cc1. The molecule has 5 rings (SSSR count). The molecule has 5 nitrogen and oxygen atoms in total. The lowest BCUT2D eigenvalue weighted by Gasteiger charge is -2.38. The number of sulfonamides is 1. The number of nitrogens with one attached hydrogen (secondary N) is 1. The maximum Gasteiger partial charge on any atom is 0.243 e. The summed E-state index contributed by atoms with van der Waals surface area (Å²) in [6.45, 7) is 1.74. The van der Waals surface area contributed by atoms with Gasteiger partial charge in [0, 0.05) is 29.6 Å². The molecule has 158 valence electrons. The van der Waals surface area contributed by atoms with E-state index in [2.05, 4.69) is 48.0 Å². The fourth-order valence-corrected chi connectivity index (χ4v) is 6.66. The molecular weight excluding hydrogens is 416 g/mol. The highest BCUT2D eigenvalue weighted by Crippen LogP contribution is 2.50. The Morgan fingerprint density at radius 2 is 1.87 bits per heavy atom. The average Bonchev–Trinajstić information content (AvgIpc) is 3.29. The summed E-state index contributed by atoms with van der Waals surface area (Å²) in [7, 11) is -3.50. The van der Waals surface area contributed by atoms with Gasteiger partial charge in [0.15, 0.2) is 0 Å². The van der Waals surface area contributed by atoms with Gasteiger partial charge in [-0.2, -0.15) is 4.31 Å². The van der Waals surface area contributed by atoms with Crippen LogP contribution in [0, 0.1) is 5.92 Å². The molecule has 1 aliphatic carbocycles. The minimum absolute atomic E-state index is 0.218. The normalized spacial score (nSPS) is 26.1. The van der Waals surface area contributed by atoms with Gasteiger partial charge in [0.25, 0.3) is 0 Å². The summed E-state index contributed by atoms with van der Waals surface area (Å²) >= 11 is 1.75. The molecule has 0 spiro atoms. The largest absolute Gasteiger partial charge is 0.379 e. The highest BCUT2D eigenvalue weighted by Gasteiger charge is 2.39. The number of ether oxygens (including phenoxy) is 1. The zero-order chi connectivity index (χ0) is 20.7. The summed E-state index contributed by atoms with van der Waals surface area (Å²) in [5.41, 5.74) is 3.39. The van der Waals surface area contributed by atoms with E-state index in [4.69, 9.17) is 4.74 Å². The lowest BCUT2D eigenvalue weighted by atomic mass is 9.77. The van der Waals surface area contributed by atoms with Gasteiger partial charge in [-0.05, 0) is 60.1 Å². The van der Waals surface area contributed by atoms with E-state index in [0.29, 0.717) is 37.1 Å². The maximum absolute atomic E-state index is 13.1. The topological polar surface area (TPSA) is 58.6 Å². The molecule has 2 aliphatic heterocycles. The summed E-state index contributed by atoms with van der Waals surface area (Å²) < 4.78 is 33.1. The summed E-state index contributed by atoms with van der Waals surface area (Å²) in [5.74, 6) is 0.616. The Morgan fingerprint density at radius 1 is 1.10 bits per heavy atom. The van der Waals surface area contributed by atoms with Gasteiger partial charge in [-0.3, -0.25) is 0 Å². The Morgan fingerprint density at radius 3 is 2.60 bits per heavy atom. The third-order valence-electron chi connectivity index (χ3n) is 6.42. The number of thioether (sulfide) groups is 1. The first kappa shape index (κ1) is 20.1. The fraction of sp³-hybridized carbons (Fsp3) is 0.391. The Kier molecular flexibility index (Phi) is 5.39. The number of anilines is 1. The molecule has 2 aromatic carbocycles. The molecule has 0 bridgehead atoms. The second-order valence-electron chi connectivity index (χ2n) is 8.01. The van der Waals surface area contributed by atoms with E-state index in [9.17, 15) is 8.42 Å². The van der Waals surface area contributed by atoms with Crippen molar-refractivity contribution >= 4 is 27.5 Å². The molecule has 7 heteroatoms. The van der Waals surface area contributed by atoms with Crippen LogP contribution in [0.4, 0.5) is 5.69 Å². The molecule has 3 unspecified atom stereocenters. The molecule has 30 heavy (non-hydrogen) atoms. The zero-order valence-electron chi connectivity index (χ0n) is 17.0. The first-order chi connectivity index (χ1) is 14.6. The van der Waals surface area contributed by atoms with Crippen LogP contribution >= 0.6 is 11.8 Å². The standard InChI is InChI=1S/C23H26N2O3S2/c1-29-17-7-5-16(6-8-17)23-20-4-2-3-19(20)21-15-18(9-10-22(21)24-23)30(26,27)25-11-13-28-14-12-25/h2-3,5-10,15,19-20,23-24H,4,11-14H2,1H3. The first-order valence-electron chi connectivity index (χ1n) is 10.4. The van der Waals surface area contributed by atoms with Crippen LogP contribution in [0.5, 0.6) is 0 Å². The third-order valence-corrected chi connectivity index (χ3v) is 9.06. The van der Waals surface area contributed by atoms with Gasteiger partial charge in [-0.15, -0.1) is 11.8 Å². The summed E-state index contributed by atoms with van der Waals surface area (Å²) in [4.78, 5) is 1.64. The third kappa shape index (κ3) is 3.47. The van der Waals surface area contributed by atoms with E-state index in [-0.39, 0.29) is 12.0 Å². The van der Waals surface area contributed by atoms with Crippen LogP contribution in [0.1, 0.15) is 29.5 Å². The molecular formula is C23H26N2O3S2. The predicted octanol–water partition coefficient (Wildman–Crippen LogP) is 4.26. The Balaban J connectivity index is 1.49. The molecule has 3 atom stereocenters. The van der Waals surface area contributed by atoms with Crippen molar-refractivity contribution in [1.82, 2.24) is 4.31 Å². The molecule has 0 aromatic heterocycles. The predicted molar refractivity (Wildman–Crippen MR) is 121 cm³/mol. The molecule has 2 aromatic rings. The Hall–Kier alpha value is -1.80. The van der Waals surface area contributed by atoms with Crippen molar-refractivity contribution in [2.24, 2.45) is 5.92 Å². The maximum atomic E-state index is 13.1. The zero-order valence-corrected chi connectivity index (χ0v) is 18.6. The van der Waals surface area contributed by atoms with Crippen molar-refractivity contribution in [3.63, 3.8) is 0 Å². The molecule has 3 aliphatic rings. The van der Waals surface area contributed by atoms with Crippen molar-refractivity contribution in [3.05, 3.63) is 65.7 Å². The van der Waals surface area contributed by atoms with Crippen LogP contribution < -0.4 is 5.32 Å². The van der Waals surface area contributed by atoms with Crippen LogP contribution in [0.2, 0.25) is 0 Å². The Bertz CT molecular complexity index is 1060. The number of hydrogen-bond acceptors (Lipinski definition) is 5. The quantitative estimate of drug-likeness (QED) is 0.566. The van der Waals surface area contributed by atoms with Crippen LogP contribution in [0.15, 0.2) is 64.4 Å². The van der Waals surface area contributed by atoms with Crippen molar-refractivity contribution in [2.75, 3.05) is 37.9 Å². The summed E-state index contributed by atoms with van der Waals surface area (Å²) in [5, 5.41) is 3.71.